The zero-order valence-electron chi connectivity index (χ0n) is 16.6. The average Bonchev–Trinajstić information content (AvgIpc) is 3.11. The van der Waals surface area contributed by atoms with Gasteiger partial charge in [-0.2, -0.15) is 5.10 Å². The fraction of sp³-hybridized carbons (Fsp3) is 0.476. The Bertz CT molecular complexity index is 803. The van der Waals surface area contributed by atoms with Crippen molar-refractivity contribution < 1.29 is 14.3 Å². The van der Waals surface area contributed by atoms with Crippen molar-refractivity contribution in [1.82, 2.24) is 20.0 Å². The van der Waals surface area contributed by atoms with Gasteiger partial charge in [-0.25, -0.2) is 4.79 Å². The van der Waals surface area contributed by atoms with Crippen LogP contribution in [0, 0.1) is 0 Å². The van der Waals surface area contributed by atoms with E-state index in [4.69, 9.17) is 4.74 Å². The highest BCUT2D eigenvalue weighted by molar-refractivity contribution is 5.95. The molecule has 3 rings (SSSR count). The van der Waals surface area contributed by atoms with Crippen molar-refractivity contribution in [3.8, 4) is 0 Å². The molecule has 1 aliphatic heterocycles. The number of nitrogens with one attached hydrogen (secondary N) is 1. The molecule has 1 atom stereocenters. The molecular formula is C21H28N4O3. The molecule has 1 aromatic heterocycles. The molecule has 7 heteroatoms. The summed E-state index contributed by atoms with van der Waals surface area (Å²) >= 11 is 0. The van der Waals surface area contributed by atoms with E-state index in [1.54, 1.807) is 13.1 Å². The second kappa shape index (κ2) is 9.39. The summed E-state index contributed by atoms with van der Waals surface area (Å²) in [7, 11) is 0. The molecule has 28 heavy (non-hydrogen) atoms. The molecule has 150 valence electrons. The number of amides is 2. The lowest BCUT2D eigenvalue weighted by Crippen LogP contribution is -2.49. The monoisotopic (exact) mass is 384 g/mol. The summed E-state index contributed by atoms with van der Waals surface area (Å²) in [6, 6.07) is 10.0. The molecule has 1 unspecified atom stereocenters. The lowest BCUT2D eigenvalue weighted by atomic mass is 10.0. The van der Waals surface area contributed by atoms with Crippen LogP contribution in [-0.4, -0.2) is 52.4 Å². The van der Waals surface area contributed by atoms with Crippen LogP contribution < -0.4 is 5.32 Å². The Labute approximate surface area is 165 Å². The Kier molecular flexibility index (Phi) is 6.68. The van der Waals surface area contributed by atoms with Crippen molar-refractivity contribution >= 4 is 12.0 Å². The SMILES string of the molecule is CCOC(=O)NC1CCCN(C(=O)c2cnn(Cc3ccccc3)c2CC)C1. The van der Waals surface area contributed by atoms with Crippen LogP contribution in [-0.2, 0) is 17.7 Å². The van der Waals surface area contributed by atoms with Crippen LogP contribution in [0.1, 0.15) is 48.3 Å². The van der Waals surface area contributed by atoms with Crippen LogP contribution in [0.3, 0.4) is 0 Å². The number of hydrogen-bond acceptors (Lipinski definition) is 4. The van der Waals surface area contributed by atoms with Gasteiger partial charge >= 0.3 is 6.09 Å². The summed E-state index contributed by atoms with van der Waals surface area (Å²) in [4.78, 5) is 26.6. The number of likely N-dealkylation sites (tertiary alicyclic amines) is 1. The molecule has 1 N–H and O–H groups in total. The van der Waals surface area contributed by atoms with Gasteiger partial charge in [0.15, 0.2) is 0 Å². The molecule has 0 spiro atoms. The van der Waals surface area contributed by atoms with Crippen LogP contribution >= 0.6 is 0 Å². The lowest BCUT2D eigenvalue weighted by Gasteiger charge is -2.33. The zero-order chi connectivity index (χ0) is 19.9. The standard InChI is InChI=1S/C21H28N4O3/c1-3-19-18(13-22-25(19)14-16-9-6-5-7-10-16)20(26)24-12-8-11-17(15-24)23-21(27)28-4-2/h5-7,9-10,13,17H,3-4,8,11-12,14-15H2,1-2H3,(H,23,27). The topological polar surface area (TPSA) is 76.5 Å². The maximum Gasteiger partial charge on any atom is 0.407 e. The van der Waals surface area contributed by atoms with Gasteiger partial charge in [-0.15, -0.1) is 0 Å². The number of piperidine rings is 1. The van der Waals surface area contributed by atoms with E-state index in [-0.39, 0.29) is 11.9 Å². The molecule has 1 saturated heterocycles. The fourth-order valence-electron chi connectivity index (χ4n) is 3.64. The number of rotatable bonds is 6. The third kappa shape index (κ3) is 4.71. The fourth-order valence-corrected chi connectivity index (χ4v) is 3.64. The first-order chi connectivity index (χ1) is 13.6. The number of ether oxygens (including phenoxy) is 1. The van der Waals surface area contributed by atoms with Crippen molar-refractivity contribution in [3.63, 3.8) is 0 Å². The first kappa shape index (κ1) is 19.9. The van der Waals surface area contributed by atoms with E-state index in [1.807, 2.05) is 34.7 Å². The third-order valence-electron chi connectivity index (χ3n) is 5.00. The van der Waals surface area contributed by atoms with Crippen molar-refractivity contribution in [2.45, 2.75) is 45.7 Å². The second-order valence-corrected chi connectivity index (χ2v) is 6.96. The zero-order valence-corrected chi connectivity index (χ0v) is 16.6. The third-order valence-corrected chi connectivity index (χ3v) is 5.00. The van der Waals surface area contributed by atoms with E-state index in [0.29, 0.717) is 31.8 Å². The Morgan fingerprint density at radius 2 is 2.04 bits per heavy atom. The molecule has 2 amide bonds. The largest absolute Gasteiger partial charge is 0.450 e. The van der Waals surface area contributed by atoms with Crippen molar-refractivity contribution in [3.05, 3.63) is 53.3 Å². The predicted molar refractivity (Wildman–Crippen MR) is 106 cm³/mol. The van der Waals surface area contributed by atoms with Crippen molar-refractivity contribution in [2.24, 2.45) is 0 Å². The van der Waals surface area contributed by atoms with Crippen LogP contribution in [0.25, 0.3) is 0 Å². The highest BCUT2D eigenvalue weighted by atomic mass is 16.5. The highest BCUT2D eigenvalue weighted by Crippen LogP contribution is 2.18. The average molecular weight is 384 g/mol. The molecule has 0 bridgehead atoms. The van der Waals surface area contributed by atoms with Gasteiger partial charge < -0.3 is 15.0 Å². The van der Waals surface area contributed by atoms with E-state index in [9.17, 15) is 9.59 Å². The number of aromatic nitrogens is 2. The Hall–Kier alpha value is -2.83. The Morgan fingerprint density at radius 3 is 2.75 bits per heavy atom. The first-order valence-electron chi connectivity index (χ1n) is 9.93. The van der Waals surface area contributed by atoms with Gasteiger partial charge in [-0.3, -0.25) is 9.48 Å². The molecule has 0 saturated carbocycles. The summed E-state index contributed by atoms with van der Waals surface area (Å²) in [5, 5.41) is 7.32. The number of benzene rings is 1. The molecule has 7 nitrogen and oxygen atoms in total. The molecule has 1 fully saturated rings. The van der Waals surface area contributed by atoms with Crippen LogP contribution in [0.15, 0.2) is 36.5 Å². The normalized spacial score (nSPS) is 16.6. The van der Waals surface area contributed by atoms with Gasteiger partial charge in [0.2, 0.25) is 0 Å². The summed E-state index contributed by atoms with van der Waals surface area (Å²) in [6.45, 7) is 5.97. The van der Waals surface area contributed by atoms with E-state index < -0.39 is 6.09 Å². The summed E-state index contributed by atoms with van der Waals surface area (Å²) < 4.78 is 6.86. The van der Waals surface area contributed by atoms with Gasteiger partial charge in [0.05, 0.1) is 30.6 Å². The van der Waals surface area contributed by atoms with E-state index in [1.165, 1.54) is 0 Å². The molecule has 1 aromatic carbocycles. The molecule has 2 heterocycles. The maximum atomic E-state index is 13.1. The van der Waals surface area contributed by atoms with Gasteiger partial charge in [0.1, 0.15) is 0 Å². The number of carbonyl (C=O) groups excluding carboxylic acids is 2. The van der Waals surface area contributed by atoms with Gasteiger partial charge in [-0.05, 0) is 31.7 Å². The summed E-state index contributed by atoms with van der Waals surface area (Å²) in [6.07, 6.45) is 3.67. The number of hydrogen-bond donors (Lipinski definition) is 1. The summed E-state index contributed by atoms with van der Waals surface area (Å²) in [5.41, 5.74) is 2.74. The predicted octanol–water partition coefficient (Wildman–Crippen LogP) is 2.84. The molecule has 2 aromatic rings. The Balaban J connectivity index is 1.70. The minimum absolute atomic E-state index is 0.0217. The van der Waals surface area contributed by atoms with Crippen molar-refractivity contribution in [1.29, 1.82) is 0 Å². The Morgan fingerprint density at radius 1 is 1.25 bits per heavy atom. The molecule has 0 aliphatic carbocycles. The van der Waals surface area contributed by atoms with Crippen LogP contribution in [0.4, 0.5) is 4.79 Å². The second-order valence-electron chi connectivity index (χ2n) is 6.96. The first-order valence-corrected chi connectivity index (χ1v) is 9.93. The number of alkyl carbamates (subject to hydrolysis) is 1. The van der Waals surface area contributed by atoms with Gasteiger partial charge in [0.25, 0.3) is 5.91 Å². The van der Waals surface area contributed by atoms with Crippen molar-refractivity contribution in [2.75, 3.05) is 19.7 Å². The molecular weight excluding hydrogens is 356 g/mol. The number of carbonyl (C=O) groups is 2. The number of nitrogens with zero attached hydrogens (tertiary/aromatic N) is 3. The van der Waals surface area contributed by atoms with Crippen LogP contribution in [0.5, 0.6) is 0 Å². The minimum Gasteiger partial charge on any atom is -0.450 e. The molecule has 0 radical (unpaired) electrons. The smallest absolute Gasteiger partial charge is 0.407 e. The van der Waals surface area contributed by atoms with Gasteiger partial charge in [-0.1, -0.05) is 37.3 Å². The van der Waals surface area contributed by atoms with E-state index >= 15 is 0 Å². The quantitative estimate of drug-likeness (QED) is 0.831. The minimum atomic E-state index is -0.424. The van der Waals surface area contributed by atoms with Gasteiger partial charge in [0, 0.05) is 19.1 Å². The highest BCUT2D eigenvalue weighted by Gasteiger charge is 2.28. The van der Waals surface area contributed by atoms with E-state index in [0.717, 1.165) is 30.5 Å². The summed E-state index contributed by atoms with van der Waals surface area (Å²) in [5.74, 6) is -0.0217. The van der Waals surface area contributed by atoms with Crippen LogP contribution in [0.2, 0.25) is 0 Å². The molecule has 1 aliphatic rings. The van der Waals surface area contributed by atoms with E-state index in [2.05, 4.69) is 22.5 Å². The maximum absolute atomic E-state index is 13.1. The lowest BCUT2D eigenvalue weighted by molar-refractivity contribution is 0.0685.